The number of nitrogens with zero attached hydrogens (tertiary/aromatic N) is 1. The monoisotopic (exact) mass is 402 g/mol. The van der Waals surface area contributed by atoms with Gasteiger partial charge in [-0.3, -0.25) is 0 Å². The molecule has 6 nitrogen and oxygen atoms in total. The Morgan fingerprint density at radius 2 is 1.73 bits per heavy atom. The Hall–Kier alpha value is 0.0364. The molecule has 8 heteroatoms. The van der Waals surface area contributed by atoms with Crippen LogP contribution in [0.3, 0.4) is 0 Å². The van der Waals surface area contributed by atoms with Gasteiger partial charge in [0.05, 0.1) is 5.25 Å². The zero-order valence-electron chi connectivity index (χ0n) is 15.6. The Labute approximate surface area is 197 Å². The average Bonchev–Trinajstić information content (AvgIpc) is 3.25. The molecule has 26 heavy (non-hydrogen) atoms. The van der Waals surface area contributed by atoms with Crippen molar-refractivity contribution in [2.75, 3.05) is 25.5 Å². The average molecular weight is 403 g/mol. The molecule has 1 aromatic rings. The molecule has 1 heterocycles. The molecule has 137 valence electrons. The third-order valence-electron chi connectivity index (χ3n) is 5.73. The number of amides is 2. The SMILES string of the molecule is CN1CCC(S(=O)(=O)NC(=O)Nc2c3c(cc4c2CCC4)CCC3)C1.[K]. The number of aryl methyl sites for hydroxylation is 2. The van der Waals surface area contributed by atoms with Crippen LogP contribution in [0.4, 0.5) is 10.5 Å². The Bertz CT molecular complexity index is 793. The first kappa shape index (κ1) is 20.8. The van der Waals surface area contributed by atoms with E-state index in [1.807, 2.05) is 11.9 Å². The number of urea groups is 1. The van der Waals surface area contributed by atoms with Crippen LogP contribution < -0.4 is 10.0 Å². The van der Waals surface area contributed by atoms with Gasteiger partial charge < -0.3 is 10.2 Å². The van der Waals surface area contributed by atoms with E-state index in [2.05, 4.69) is 16.1 Å². The molecule has 1 radical (unpaired) electrons. The Morgan fingerprint density at radius 3 is 2.27 bits per heavy atom. The molecule has 1 fully saturated rings. The van der Waals surface area contributed by atoms with E-state index in [4.69, 9.17) is 0 Å². The number of rotatable bonds is 3. The van der Waals surface area contributed by atoms with Crippen LogP contribution in [0.2, 0.25) is 0 Å². The summed E-state index contributed by atoms with van der Waals surface area (Å²) in [4.78, 5) is 14.4. The number of fused-ring (bicyclic) bond motifs is 2. The van der Waals surface area contributed by atoms with E-state index >= 15 is 0 Å². The summed E-state index contributed by atoms with van der Waals surface area (Å²) in [6.45, 7) is 1.21. The van der Waals surface area contributed by atoms with Crippen molar-refractivity contribution < 1.29 is 13.2 Å². The van der Waals surface area contributed by atoms with Crippen LogP contribution in [-0.2, 0) is 35.7 Å². The minimum Gasteiger partial charge on any atom is -0.307 e. The van der Waals surface area contributed by atoms with E-state index in [0.29, 0.717) is 13.0 Å². The summed E-state index contributed by atoms with van der Waals surface area (Å²) in [6, 6.07) is 1.67. The largest absolute Gasteiger partial charge is 0.332 e. The summed E-state index contributed by atoms with van der Waals surface area (Å²) in [5.74, 6) is 0. The number of carbonyl (C=O) groups is 1. The molecular weight excluding hydrogens is 377 g/mol. The molecule has 0 bridgehead atoms. The van der Waals surface area contributed by atoms with E-state index in [0.717, 1.165) is 50.8 Å². The van der Waals surface area contributed by atoms with Crippen molar-refractivity contribution in [1.29, 1.82) is 0 Å². The molecule has 1 aromatic carbocycles. The molecule has 1 atom stereocenters. The van der Waals surface area contributed by atoms with Gasteiger partial charge in [-0.1, -0.05) is 6.07 Å². The topological polar surface area (TPSA) is 78.5 Å². The van der Waals surface area contributed by atoms with Gasteiger partial charge in [0, 0.05) is 63.6 Å². The summed E-state index contributed by atoms with van der Waals surface area (Å²) < 4.78 is 27.1. The van der Waals surface area contributed by atoms with Crippen molar-refractivity contribution in [3.05, 3.63) is 28.3 Å². The van der Waals surface area contributed by atoms with Crippen LogP contribution in [0, 0.1) is 0 Å². The molecule has 1 aliphatic heterocycles. The second-order valence-corrected chi connectivity index (χ2v) is 9.47. The second-order valence-electron chi connectivity index (χ2n) is 7.51. The fraction of sp³-hybridized carbons (Fsp3) is 0.611. The fourth-order valence-corrected chi connectivity index (χ4v) is 5.81. The number of hydrogen-bond acceptors (Lipinski definition) is 4. The maximum atomic E-state index is 12.5. The van der Waals surface area contributed by atoms with Gasteiger partial charge in [0.25, 0.3) is 0 Å². The summed E-state index contributed by atoms with van der Waals surface area (Å²) in [5, 5.41) is 2.37. The van der Waals surface area contributed by atoms with Crippen molar-refractivity contribution in [3.8, 4) is 0 Å². The van der Waals surface area contributed by atoms with Crippen LogP contribution in [-0.4, -0.2) is 96.1 Å². The molecule has 4 rings (SSSR count). The van der Waals surface area contributed by atoms with Crippen LogP contribution >= 0.6 is 0 Å². The first-order chi connectivity index (χ1) is 11.9. The van der Waals surface area contributed by atoms with E-state index in [1.54, 1.807) is 0 Å². The third kappa shape index (κ3) is 4.06. The van der Waals surface area contributed by atoms with Crippen molar-refractivity contribution in [2.45, 2.75) is 50.2 Å². The zero-order valence-corrected chi connectivity index (χ0v) is 19.5. The Balaban J connectivity index is 0.00000196. The van der Waals surface area contributed by atoms with Crippen molar-refractivity contribution in [3.63, 3.8) is 0 Å². The van der Waals surface area contributed by atoms with Crippen LogP contribution in [0.15, 0.2) is 6.07 Å². The van der Waals surface area contributed by atoms with Crippen LogP contribution in [0.25, 0.3) is 0 Å². The van der Waals surface area contributed by atoms with E-state index in [-0.39, 0.29) is 51.4 Å². The standard InChI is InChI=1S/C18H25N3O3S.K/c1-21-9-8-14(11-21)25(23,24)20-18(22)19-17-15-6-2-4-12(15)10-13-5-3-7-16(13)17;/h10,14H,2-9,11H2,1H3,(H2,19,20,22);. The van der Waals surface area contributed by atoms with Gasteiger partial charge in [-0.25, -0.2) is 17.9 Å². The van der Waals surface area contributed by atoms with Crippen LogP contribution in [0.5, 0.6) is 0 Å². The van der Waals surface area contributed by atoms with E-state index in [9.17, 15) is 13.2 Å². The van der Waals surface area contributed by atoms with Gasteiger partial charge in [-0.2, -0.15) is 0 Å². The third-order valence-corrected chi connectivity index (χ3v) is 7.47. The molecule has 0 saturated carbocycles. The number of benzene rings is 1. The molecule has 0 spiro atoms. The maximum Gasteiger partial charge on any atom is 0.332 e. The minimum atomic E-state index is -3.64. The van der Waals surface area contributed by atoms with Gasteiger partial charge in [0.15, 0.2) is 0 Å². The molecule has 1 saturated heterocycles. The van der Waals surface area contributed by atoms with Gasteiger partial charge in [-0.15, -0.1) is 0 Å². The summed E-state index contributed by atoms with van der Waals surface area (Å²) in [6.07, 6.45) is 6.77. The zero-order chi connectivity index (χ0) is 17.6. The summed E-state index contributed by atoms with van der Waals surface area (Å²) >= 11 is 0. The molecule has 2 N–H and O–H groups in total. The number of hydrogen-bond donors (Lipinski definition) is 2. The van der Waals surface area contributed by atoms with E-state index in [1.165, 1.54) is 22.3 Å². The maximum absolute atomic E-state index is 12.5. The van der Waals surface area contributed by atoms with Gasteiger partial charge >= 0.3 is 6.03 Å². The first-order valence-corrected chi connectivity index (χ1v) is 10.7. The number of anilines is 1. The Morgan fingerprint density at radius 1 is 1.12 bits per heavy atom. The van der Waals surface area contributed by atoms with Crippen molar-refractivity contribution in [1.82, 2.24) is 9.62 Å². The van der Waals surface area contributed by atoms with E-state index < -0.39 is 21.3 Å². The minimum absolute atomic E-state index is 0. The molecule has 3 aliphatic rings. The molecule has 1 unspecified atom stereocenters. The predicted molar refractivity (Wildman–Crippen MR) is 103 cm³/mol. The molecule has 2 aliphatic carbocycles. The molecule has 0 aromatic heterocycles. The van der Waals surface area contributed by atoms with Gasteiger partial charge in [0.1, 0.15) is 0 Å². The second kappa shape index (κ2) is 8.19. The number of sulfonamides is 1. The van der Waals surface area contributed by atoms with Crippen LogP contribution in [0.1, 0.15) is 41.5 Å². The number of carbonyl (C=O) groups excluding carboxylic acids is 1. The van der Waals surface area contributed by atoms with Gasteiger partial charge in [0.2, 0.25) is 10.0 Å². The smallest absolute Gasteiger partial charge is 0.307 e. The summed E-state index contributed by atoms with van der Waals surface area (Å²) in [5.41, 5.74) is 5.91. The number of likely N-dealkylation sites (tertiary alicyclic amines) is 1. The van der Waals surface area contributed by atoms with Crippen molar-refractivity contribution >= 4 is 73.1 Å². The van der Waals surface area contributed by atoms with Crippen molar-refractivity contribution in [2.24, 2.45) is 0 Å². The molecule has 2 amide bonds. The Kier molecular flexibility index (Phi) is 6.54. The summed E-state index contributed by atoms with van der Waals surface area (Å²) in [7, 11) is -1.75. The quantitative estimate of drug-likeness (QED) is 0.750. The predicted octanol–water partition coefficient (Wildman–Crippen LogP) is 1.44. The molecular formula is C18H25KN3O3S. The number of nitrogens with one attached hydrogen (secondary N) is 2. The normalized spacial score (nSPS) is 21.8. The fourth-order valence-electron chi connectivity index (χ4n) is 4.47. The van der Waals surface area contributed by atoms with Gasteiger partial charge in [-0.05, 0) is 80.8 Å². The first-order valence-electron chi connectivity index (χ1n) is 9.12.